The zero-order chi connectivity index (χ0) is 22.2. The van der Waals surface area contributed by atoms with E-state index < -0.39 is 0 Å². The molecule has 8 heteroatoms. The van der Waals surface area contributed by atoms with E-state index in [1.807, 2.05) is 67.6 Å². The van der Waals surface area contributed by atoms with E-state index in [-0.39, 0.29) is 23.4 Å². The lowest BCUT2D eigenvalue weighted by Gasteiger charge is -2.07. The van der Waals surface area contributed by atoms with E-state index >= 15 is 0 Å². The van der Waals surface area contributed by atoms with Crippen LogP contribution in [0.3, 0.4) is 0 Å². The van der Waals surface area contributed by atoms with Gasteiger partial charge in [0, 0.05) is 10.4 Å². The van der Waals surface area contributed by atoms with Gasteiger partial charge in [0.15, 0.2) is 0 Å². The van der Waals surface area contributed by atoms with Gasteiger partial charge in [0.05, 0.1) is 28.5 Å². The number of rotatable bonds is 4. The van der Waals surface area contributed by atoms with Gasteiger partial charge in [-0.1, -0.05) is 42.5 Å². The third-order valence-corrected chi connectivity index (χ3v) is 7.21. The number of fused-ring (bicyclic) bond motifs is 2. The van der Waals surface area contributed by atoms with Gasteiger partial charge in [0.1, 0.15) is 27.2 Å². The fourth-order valence-electron chi connectivity index (χ4n) is 3.66. The Morgan fingerprint density at radius 3 is 2.62 bits per heavy atom. The normalized spacial score (nSPS) is 12.1. The maximum Gasteiger partial charge on any atom is 0.263 e. The van der Waals surface area contributed by atoms with Gasteiger partial charge in [-0.05, 0) is 24.6 Å². The van der Waals surface area contributed by atoms with Gasteiger partial charge in [-0.25, -0.2) is 9.97 Å². The average Bonchev–Trinajstić information content (AvgIpc) is 3.37. The number of hydrogen-bond donors (Lipinski definition) is 1. The van der Waals surface area contributed by atoms with Crippen LogP contribution in [0.1, 0.15) is 9.88 Å². The largest absolute Gasteiger partial charge is 0.509 e. The topological polar surface area (TPSA) is 91.8 Å². The van der Waals surface area contributed by atoms with Crippen LogP contribution in [0, 0.1) is 18.3 Å². The number of hydrogen-bond acceptors (Lipinski definition) is 7. The molecule has 0 spiro atoms. The van der Waals surface area contributed by atoms with E-state index in [1.54, 1.807) is 0 Å². The lowest BCUT2D eigenvalue weighted by Crippen LogP contribution is -2.21. The highest BCUT2D eigenvalue weighted by atomic mass is 32.1. The van der Waals surface area contributed by atoms with Crippen LogP contribution in [-0.2, 0) is 6.54 Å². The summed E-state index contributed by atoms with van der Waals surface area (Å²) in [5.74, 6) is -0.219. The summed E-state index contributed by atoms with van der Waals surface area (Å²) in [7, 11) is 0. The first-order valence-corrected chi connectivity index (χ1v) is 11.4. The third kappa shape index (κ3) is 3.38. The number of allylic oxidation sites excluding steroid dienone is 2. The van der Waals surface area contributed by atoms with Crippen molar-refractivity contribution >= 4 is 48.7 Å². The molecule has 0 saturated heterocycles. The standard InChI is InChI=1S/C24H16N4O2S2/c1-14-20(15-7-3-2-4-8-15)21-23(31-14)26-13-28(24(21)30)12-18(29)16(11-25)22-27-17-9-5-6-10-19(17)32-22/h2-10,13,29H,12H2,1H3/b18-16-. The molecular formula is C24H16N4O2S2. The second kappa shape index (κ2) is 8.04. The van der Waals surface area contributed by atoms with Crippen molar-refractivity contribution in [2.75, 3.05) is 0 Å². The minimum atomic E-state index is -0.258. The van der Waals surface area contributed by atoms with Crippen LogP contribution >= 0.6 is 22.7 Å². The molecule has 0 aliphatic carbocycles. The van der Waals surface area contributed by atoms with Gasteiger partial charge in [-0.15, -0.1) is 22.7 Å². The van der Waals surface area contributed by atoms with E-state index in [9.17, 15) is 15.2 Å². The molecule has 156 valence electrons. The van der Waals surface area contributed by atoms with Gasteiger partial charge in [-0.3, -0.25) is 9.36 Å². The number of nitriles is 1. The number of benzene rings is 2. The van der Waals surface area contributed by atoms with E-state index in [1.165, 1.54) is 33.6 Å². The SMILES string of the molecule is Cc1sc2ncn(C/C(O)=C(\C#N)c3nc4ccccc4s3)c(=O)c2c1-c1ccccc1. The van der Waals surface area contributed by atoms with Gasteiger partial charge in [-0.2, -0.15) is 5.26 Å². The minimum Gasteiger partial charge on any atom is -0.509 e. The number of thiophene rings is 1. The Morgan fingerprint density at radius 2 is 1.88 bits per heavy atom. The predicted molar refractivity (Wildman–Crippen MR) is 129 cm³/mol. The first kappa shape index (κ1) is 20.1. The Morgan fingerprint density at radius 1 is 1.12 bits per heavy atom. The van der Waals surface area contributed by atoms with Gasteiger partial charge in [0.25, 0.3) is 5.56 Å². The second-order valence-electron chi connectivity index (χ2n) is 7.18. The zero-order valence-electron chi connectivity index (χ0n) is 16.9. The number of aromatic nitrogens is 3. The lowest BCUT2D eigenvalue weighted by molar-refractivity contribution is 0.376. The van der Waals surface area contributed by atoms with E-state index in [2.05, 4.69) is 9.97 Å². The molecule has 3 aromatic heterocycles. The van der Waals surface area contributed by atoms with Crippen molar-refractivity contribution in [2.45, 2.75) is 13.5 Å². The molecule has 3 heterocycles. The number of nitrogens with zero attached hydrogens (tertiary/aromatic N) is 4. The smallest absolute Gasteiger partial charge is 0.263 e. The van der Waals surface area contributed by atoms with E-state index in [0.29, 0.717) is 15.2 Å². The number of para-hydroxylation sites is 1. The van der Waals surface area contributed by atoms with Crippen molar-refractivity contribution in [1.29, 1.82) is 5.26 Å². The first-order chi connectivity index (χ1) is 15.6. The van der Waals surface area contributed by atoms with E-state index in [0.717, 1.165) is 26.2 Å². The van der Waals surface area contributed by atoms with Crippen LogP contribution in [0.2, 0.25) is 0 Å². The minimum absolute atomic E-state index is 0.0583. The fourth-order valence-corrected chi connectivity index (χ4v) is 5.64. The molecule has 1 N–H and O–H groups in total. The molecule has 0 bridgehead atoms. The quantitative estimate of drug-likeness (QED) is 0.283. The van der Waals surface area contributed by atoms with Crippen LogP contribution in [-0.4, -0.2) is 19.6 Å². The summed E-state index contributed by atoms with van der Waals surface area (Å²) < 4.78 is 2.26. The molecular weight excluding hydrogens is 440 g/mol. The predicted octanol–water partition coefficient (Wildman–Crippen LogP) is 5.54. The molecule has 0 aliphatic heterocycles. The Hall–Kier alpha value is -3.80. The summed E-state index contributed by atoms with van der Waals surface area (Å²) in [6.07, 6.45) is 1.42. The lowest BCUT2D eigenvalue weighted by atomic mass is 10.0. The highest BCUT2D eigenvalue weighted by Gasteiger charge is 2.19. The molecule has 6 nitrogen and oxygen atoms in total. The molecule has 0 fully saturated rings. The van der Waals surface area contributed by atoms with Crippen LogP contribution < -0.4 is 5.56 Å². The van der Waals surface area contributed by atoms with Crippen molar-refractivity contribution in [1.82, 2.24) is 14.5 Å². The Bertz CT molecular complexity index is 1570. The average molecular weight is 457 g/mol. The molecule has 5 rings (SSSR count). The molecule has 0 aliphatic rings. The van der Waals surface area contributed by atoms with Crippen molar-refractivity contribution < 1.29 is 5.11 Å². The van der Waals surface area contributed by atoms with Gasteiger partial charge in [0.2, 0.25) is 0 Å². The van der Waals surface area contributed by atoms with Crippen LogP contribution in [0.15, 0.2) is 71.5 Å². The molecule has 0 amide bonds. The van der Waals surface area contributed by atoms with Crippen molar-refractivity contribution in [3.63, 3.8) is 0 Å². The Labute approximate surface area is 191 Å². The summed E-state index contributed by atoms with van der Waals surface area (Å²) in [4.78, 5) is 23.9. The van der Waals surface area contributed by atoms with Gasteiger partial charge < -0.3 is 5.11 Å². The first-order valence-electron chi connectivity index (χ1n) is 9.79. The fraction of sp³-hybridized carbons (Fsp3) is 0.0833. The summed E-state index contributed by atoms with van der Waals surface area (Å²) in [5.41, 5.74) is 2.36. The van der Waals surface area contributed by atoms with Crippen molar-refractivity contribution in [3.8, 4) is 17.2 Å². The second-order valence-corrected chi connectivity index (χ2v) is 9.41. The summed E-state index contributed by atoms with van der Waals surface area (Å²) >= 11 is 2.79. The van der Waals surface area contributed by atoms with Gasteiger partial charge >= 0.3 is 0 Å². The van der Waals surface area contributed by atoms with Crippen LogP contribution in [0.5, 0.6) is 0 Å². The Balaban J connectivity index is 1.61. The monoisotopic (exact) mass is 456 g/mol. The number of aryl methyl sites for hydroxylation is 1. The molecule has 0 unspecified atom stereocenters. The molecule has 0 saturated carbocycles. The number of aliphatic hydroxyl groups is 1. The summed E-state index contributed by atoms with van der Waals surface area (Å²) in [6, 6.07) is 19.3. The van der Waals surface area contributed by atoms with E-state index in [4.69, 9.17) is 0 Å². The molecule has 2 aromatic carbocycles. The molecule has 32 heavy (non-hydrogen) atoms. The van der Waals surface area contributed by atoms with Crippen molar-refractivity contribution in [2.24, 2.45) is 0 Å². The zero-order valence-corrected chi connectivity index (χ0v) is 18.6. The Kier molecular flexibility index (Phi) is 5.05. The van der Waals surface area contributed by atoms with Crippen LogP contribution in [0.25, 0.3) is 37.1 Å². The highest BCUT2D eigenvalue weighted by molar-refractivity contribution is 7.19. The maximum absolute atomic E-state index is 13.4. The molecule has 0 radical (unpaired) electrons. The molecule has 0 atom stereocenters. The van der Waals surface area contributed by atoms with Crippen molar-refractivity contribution in [3.05, 3.63) is 86.9 Å². The molecule has 5 aromatic rings. The number of thiazole rings is 1. The number of aliphatic hydroxyl groups excluding tert-OH is 1. The van der Waals surface area contributed by atoms with Crippen LogP contribution in [0.4, 0.5) is 0 Å². The summed E-state index contributed by atoms with van der Waals surface area (Å²) in [5, 5.41) is 21.4. The highest BCUT2D eigenvalue weighted by Crippen LogP contribution is 2.35. The summed E-state index contributed by atoms with van der Waals surface area (Å²) in [6.45, 7) is 1.81. The maximum atomic E-state index is 13.4. The third-order valence-electron chi connectivity index (χ3n) is 5.15.